The Balaban J connectivity index is 1.96. The molecule has 0 aromatic carbocycles. The van der Waals surface area contributed by atoms with Crippen LogP contribution < -0.4 is 0 Å². The molecule has 1 aliphatic rings. The quantitative estimate of drug-likeness (QED) is 0.619. The molecular weight excluding hydrogens is 248 g/mol. The molecule has 1 aliphatic heterocycles. The van der Waals surface area contributed by atoms with Gasteiger partial charge in [0.1, 0.15) is 0 Å². The van der Waals surface area contributed by atoms with Gasteiger partial charge in [-0.25, -0.2) is 4.79 Å². The van der Waals surface area contributed by atoms with Gasteiger partial charge in [-0.05, 0) is 29.5 Å². The molecule has 0 unspecified atom stereocenters. The third-order valence-electron chi connectivity index (χ3n) is 2.86. The molecule has 18 heavy (non-hydrogen) atoms. The predicted molar refractivity (Wildman–Crippen MR) is 72.4 cm³/mol. The van der Waals surface area contributed by atoms with Crippen molar-refractivity contribution in [3.8, 4) is 0 Å². The van der Waals surface area contributed by atoms with Gasteiger partial charge in [-0.3, -0.25) is 0 Å². The van der Waals surface area contributed by atoms with Crippen molar-refractivity contribution in [1.82, 2.24) is 0 Å². The summed E-state index contributed by atoms with van der Waals surface area (Å²) in [6, 6.07) is 4.14. The molecule has 1 aromatic rings. The molecule has 3 nitrogen and oxygen atoms in total. The summed E-state index contributed by atoms with van der Waals surface area (Å²) in [4.78, 5) is 12.2. The molecule has 0 radical (unpaired) electrons. The van der Waals surface area contributed by atoms with E-state index in [2.05, 4.69) is 22.3 Å². The first-order valence-electron chi connectivity index (χ1n) is 5.86. The average Bonchev–Trinajstić information content (AvgIpc) is 3.02. The molecule has 0 N–H and O–H groups in total. The highest BCUT2D eigenvalue weighted by molar-refractivity contribution is 7.10. The van der Waals surface area contributed by atoms with Gasteiger partial charge < -0.3 is 9.47 Å². The summed E-state index contributed by atoms with van der Waals surface area (Å²) in [5, 5.41) is 2.06. The molecule has 2 heterocycles. The van der Waals surface area contributed by atoms with Crippen LogP contribution in [-0.2, 0) is 14.3 Å². The van der Waals surface area contributed by atoms with Crippen molar-refractivity contribution in [2.24, 2.45) is 5.92 Å². The fourth-order valence-electron chi connectivity index (χ4n) is 1.88. The Morgan fingerprint density at radius 2 is 2.56 bits per heavy atom. The third kappa shape index (κ3) is 3.55. The number of methoxy groups -OCH3 is 1. The summed E-state index contributed by atoms with van der Waals surface area (Å²) >= 11 is 1.72. The molecule has 4 heteroatoms. The first-order valence-corrected chi connectivity index (χ1v) is 6.74. The third-order valence-corrected chi connectivity index (χ3v) is 3.68. The Morgan fingerprint density at radius 1 is 1.67 bits per heavy atom. The molecule has 1 saturated heterocycles. The zero-order chi connectivity index (χ0) is 12.8. The van der Waals surface area contributed by atoms with E-state index in [9.17, 15) is 4.79 Å². The molecule has 96 valence electrons. The van der Waals surface area contributed by atoms with Crippen molar-refractivity contribution in [3.63, 3.8) is 0 Å². The van der Waals surface area contributed by atoms with E-state index in [4.69, 9.17) is 4.74 Å². The molecule has 0 spiro atoms. The van der Waals surface area contributed by atoms with Crippen LogP contribution in [0.3, 0.4) is 0 Å². The zero-order valence-corrected chi connectivity index (χ0v) is 11.1. The van der Waals surface area contributed by atoms with Crippen molar-refractivity contribution >= 4 is 23.4 Å². The summed E-state index contributed by atoms with van der Waals surface area (Å²) in [7, 11) is 1.38. The van der Waals surface area contributed by atoms with E-state index in [1.165, 1.54) is 23.6 Å². The average molecular weight is 264 g/mol. The molecule has 0 aliphatic carbocycles. The van der Waals surface area contributed by atoms with Gasteiger partial charge in [0.2, 0.25) is 0 Å². The standard InChI is InChI=1S/C14H16O3S/c1-16-14(15)6-2-4-11-9-17-10-12(11)8-13-5-3-7-18-13/h2-3,5-8,11H,4,9-10H2,1H3/b6-2+,12-8+/t11-/m0/s1. The lowest BCUT2D eigenvalue weighted by molar-refractivity contribution is -0.134. The second-order valence-electron chi connectivity index (χ2n) is 4.11. The summed E-state index contributed by atoms with van der Waals surface area (Å²) in [6.45, 7) is 1.41. The van der Waals surface area contributed by atoms with Gasteiger partial charge in [0.05, 0.1) is 20.3 Å². The second kappa shape index (κ2) is 6.52. The number of ether oxygens (including phenoxy) is 2. The Labute approximate surface area is 111 Å². The van der Waals surface area contributed by atoms with Crippen molar-refractivity contribution in [3.05, 3.63) is 40.1 Å². The maximum Gasteiger partial charge on any atom is 0.330 e. The van der Waals surface area contributed by atoms with Crippen molar-refractivity contribution in [1.29, 1.82) is 0 Å². The largest absolute Gasteiger partial charge is 0.466 e. The van der Waals surface area contributed by atoms with Gasteiger partial charge in [0.15, 0.2) is 0 Å². The molecule has 1 aromatic heterocycles. The maximum atomic E-state index is 11.0. The predicted octanol–water partition coefficient (Wildman–Crippen LogP) is 2.90. The molecule has 1 atom stereocenters. The Morgan fingerprint density at radius 3 is 3.28 bits per heavy atom. The van der Waals surface area contributed by atoms with E-state index < -0.39 is 0 Å². The van der Waals surface area contributed by atoms with Crippen LogP contribution in [0.4, 0.5) is 0 Å². The van der Waals surface area contributed by atoms with E-state index in [0.717, 1.165) is 13.0 Å². The fourth-order valence-corrected chi connectivity index (χ4v) is 2.57. The van der Waals surface area contributed by atoms with Crippen LogP contribution in [-0.4, -0.2) is 26.3 Å². The van der Waals surface area contributed by atoms with Crippen molar-refractivity contribution in [2.75, 3.05) is 20.3 Å². The molecule has 0 bridgehead atoms. The lowest BCUT2D eigenvalue weighted by atomic mass is 9.98. The molecule has 0 amide bonds. The topological polar surface area (TPSA) is 35.5 Å². The normalized spacial score (nSPS) is 21.8. The Hall–Kier alpha value is -1.39. The van der Waals surface area contributed by atoms with Crippen LogP contribution in [0.1, 0.15) is 11.3 Å². The number of allylic oxidation sites excluding steroid dienone is 1. The summed E-state index contributed by atoms with van der Waals surface area (Å²) in [5.74, 6) is 0.0608. The Bertz CT molecular complexity index is 446. The molecule has 0 saturated carbocycles. The summed E-state index contributed by atoms with van der Waals surface area (Å²) in [6.07, 6.45) is 6.33. The van der Waals surface area contributed by atoms with E-state index in [0.29, 0.717) is 12.5 Å². The van der Waals surface area contributed by atoms with E-state index in [1.807, 2.05) is 12.1 Å². The highest BCUT2D eigenvalue weighted by Gasteiger charge is 2.20. The molecule has 1 fully saturated rings. The van der Waals surface area contributed by atoms with Gasteiger partial charge in [-0.2, -0.15) is 0 Å². The van der Waals surface area contributed by atoms with E-state index in [1.54, 1.807) is 11.3 Å². The first kappa shape index (κ1) is 13.1. The van der Waals surface area contributed by atoms with Crippen molar-refractivity contribution < 1.29 is 14.3 Å². The maximum absolute atomic E-state index is 11.0. The number of esters is 1. The van der Waals surface area contributed by atoms with E-state index in [-0.39, 0.29) is 5.97 Å². The number of carbonyl (C=O) groups excluding carboxylic acids is 1. The van der Waals surface area contributed by atoms with Crippen LogP contribution >= 0.6 is 11.3 Å². The van der Waals surface area contributed by atoms with E-state index >= 15 is 0 Å². The van der Waals surface area contributed by atoms with Gasteiger partial charge >= 0.3 is 5.97 Å². The number of thiophene rings is 1. The summed E-state index contributed by atoms with van der Waals surface area (Å²) < 4.78 is 10.0. The summed E-state index contributed by atoms with van der Waals surface area (Å²) in [5.41, 5.74) is 1.30. The lowest BCUT2D eigenvalue weighted by Gasteiger charge is -2.06. The monoisotopic (exact) mass is 264 g/mol. The molecular formula is C14H16O3S. The Kier molecular flexibility index (Phi) is 4.73. The minimum atomic E-state index is -0.308. The highest BCUT2D eigenvalue weighted by atomic mass is 32.1. The second-order valence-corrected chi connectivity index (χ2v) is 5.09. The van der Waals surface area contributed by atoms with Crippen molar-refractivity contribution in [2.45, 2.75) is 6.42 Å². The zero-order valence-electron chi connectivity index (χ0n) is 10.3. The SMILES string of the molecule is COC(=O)/C=C/C[C@H]1COC/C1=C\c1cccs1. The van der Waals surface area contributed by atoms with Gasteiger partial charge in [-0.1, -0.05) is 12.1 Å². The van der Waals surface area contributed by atoms with Crippen LogP contribution in [0.2, 0.25) is 0 Å². The number of rotatable bonds is 4. The van der Waals surface area contributed by atoms with Gasteiger partial charge in [-0.15, -0.1) is 11.3 Å². The van der Waals surface area contributed by atoms with Crippen LogP contribution in [0.25, 0.3) is 6.08 Å². The minimum Gasteiger partial charge on any atom is -0.466 e. The fraction of sp³-hybridized carbons (Fsp3) is 0.357. The van der Waals surface area contributed by atoms with Crippen LogP contribution in [0.15, 0.2) is 35.2 Å². The van der Waals surface area contributed by atoms with Gasteiger partial charge in [0.25, 0.3) is 0 Å². The number of carbonyl (C=O) groups is 1. The number of hydrogen-bond donors (Lipinski definition) is 0. The van der Waals surface area contributed by atoms with Gasteiger partial charge in [0, 0.05) is 16.9 Å². The minimum absolute atomic E-state index is 0.308. The lowest BCUT2D eigenvalue weighted by Crippen LogP contribution is -2.01. The van der Waals surface area contributed by atoms with Crippen LogP contribution in [0.5, 0.6) is 0 Å². The molecule has 2 rings (SSSR count). The highest BCUT2D eigenvalue weighted by Crippen LogP contribution is 2.26. The smallest absolute Gasteiger partial charge is 0.330 e. The first-order chi connectivity index (χ1) is 8.79. The number of hydrogen-bond acceptors (Lipinski definition) is 4. The van der Waals surface area contributed by atoms with Crippen LogP contribution in [0, 0.1) is 5.92 Å².